The molecule has 6 aromatic rings. The van der Waals surface area contributed by atoms with Crippen molar-refractivity contribution < 1.29 is 4.74 Å². The van der Waals surface area contributed by atoms with Crippen LogP contribution in [0.5, 0.6) is 10.9 Å². The van der Waals surface area contributed by atoms with Crippen LogP contribution in [-0.4, -0.2) is 24.1 Å². The normalized spacial score (nSPS) is 11.3. The molecule has 0 atom stereocenters. The molecule has 0 aliphatic rings. The zero-order valence-corrected chi connectivity index (χ0v) is 21.3. The number of ether oxygens (including phenoxy) is 1. The summed E-state index contributed by atoms with van der Waals surface area (Å²) in [7, 11) is 0. The summed E-state index contributed by atoms with van der Waals surface area (Å²) in [6.07, 6.45) is 1.67. The Hall–Kier alpha value is -4.21. The van der Waals surface area contributed by atoms with Crippen molar-refractivity contribution in [1.82, 2.24) is 24.1 Å². The van der Waals surface area contributed by atoms with Crippen LogP contribution in [0.25, 0.3) is 21.4 Å². The van der Waals surface area contributed by atoms with E-state index in [2.05, 4.69) is 20.3 Å². The third-order valence-electron chi connectivity index (χ3n) is 5.92. The molecule has 0 radical (unpaired) electrons. The number of halogens is 1. The number of rotatable bonds is 7. The summed E-state index contributed by atoms with van der Waals surface area (Å²) in [6, 6.07) is 22.9. The second-order valence-corrected chi connectivity index (χ2v) is 9.78. The van der Waals surface area contributed by atoms with Crippen molar-refractivity contribution in [2.45, 2.75) is 20.0 Å². The summed E-state index contributed by atoms with van der Waals surface area (Å²) >= 11 is 7.57. The van der Waals surface area contributed by atoms with E-state index in [0.717, 1.165) is 21.5 Å². The second kappa shape index (κ2) is 9.68. The van der Waals surface area contributed by atoms with Gasteiger partial charge in [0, 0.05) is 17.3 Å². The molecule has 0 bridgehead atoms. The minimum Gasteiger partial charge on any atom is -0.431 e. The summed E-state index contributed by atoms with van der Waals surface area (Å²) < 4.78 is 10.7. The number of aryl methyl sites for hydroxylation is 1. The Labute approximate surface area is 220 Å². The smallest absolute Gasteiger partial charge is 0.300 e. The van der Waals surface area contributed by atoms with Crippen LogP contribution in [-0.2, 0) is 13.1 Å². The summed E-state index contributed by atoms with van der Waals surface area (Å²) in [5.41, 5.74) is 3.37. The fourth-order valence-corrected chi connectivity index (χ4v) is 5.05. The minimum atomic E-state index is -0.333. The number of thiazole rings is 1. The number of nitrogens with one attached hydrogen (secondary N) is 1. The van der Waals surface area contributed by atoms with E-state index >= 15 is 0 Å². The standard InChI is InChI=1S/C27H21ClN6O2S/c1-2-33-16-29-24-23(33)25(35)32-26(34(24)15-17-7-9-18(28)10-8-17)30-19-11-13-20(14-12-19)36-27-31-21-5-3-4-6-22(21)37-27/h3-14,16H,2,15H2,1H3,(H,30,32,35). The predicted molar refractivity (Wildman–Crippen MR) is 147 cm³/mol. The molecule has 10 heteroatoms. The lowest BCUT2D eigenvalue weighted by Gasteiger charge is -2.15. The number of hydrogen-bond acceptors (Lipinski definition) is 7. The van der Waals surface area contributed by atoms with Crippen LogP contribution in [0.15, 0.2) is 83.9 Å². The average Bonchev–Trinajstić information content (AvgIpc) is 3.53. The second-order valence-electron chi connectivity index (χ2n) is 8.35. The molecule has 0 aliphatic carbocycles. The molecule has 3 aromatic carbocycles. The number of aromatic nitrogens is 5. The highest BCUT2D eigenvalue weighted by atomic mass is 35.5. The van der Waals surface area contributed by atoms with E-state index in [1.807, 2.05) is 84.3 Å². The Morgan fingerprint density at radius 2 is 1.78 bits per heavy atom. The molecule has 0 unspecified atom stereocenters. The zero-order chi connectivity index (χ0) is 25.4. The first-order chi connectivity index (χ1) is 18.1. The number of anilines is 2. The lowest BCUT2D eigenvalue weighted by molar-refractivity contribution is 0.480. The van der Waals surface area contributed by atoms with E-state index in [0.29, 0.717) is 46.2 Å². The lowest BCUT2D eigenvalue weighted by Crippen LogP contribution is -2.20. The van der Waals surface area contributed by atoms with Crippen molar-refractivity contribution in [3.8, 4) is 10.9 Å². The SMILES string of the molecule is CCn1cnc2c1c(=O)nc(Nc1ccc(Oc3nc4ccccc4s3)cc1)n2Cc1ccc(Cl)cc1. The van der Waals surface area contributed by atoms with E-state index in [4.69, 9.17) is 16.3 Å². The van der Waals surface area contributed by atoms with Crippen molar-refractivity contribution in [1.29, 1.82) is 0 Å². The number of imidazole rings is 1. The Morgan fingerprint density at radius 1 is 1.00 bits per heavy atom. The maximum atomic E-state index is 12.9. The molecule has 37 heavy (non-hydrogen) atoms. The van der Waals surface area contributed by atoms with Crippen molar-refractivity contribution in [3.63, 3.8) is 0 Å². The molecule has 3 heterocycles. The Balaban J connectivity index is 1.31. The quantitative estimate of drug-likeness (QED) is 0.256. The fourth-order valence-electron chi connectivity index (χ4n) is 4.09. The maximum absolute atomic E-state index is 12.9. The maximum Gasteiger partial charge on any atom is 0.300 e. The molecule has 0 saturated carbocycles. The fraction of sp³-hybridized carbons (Fsp3) is 0.111. The molecule has 0 saturated heterocycles. The number of fused-ring (bicyclic) bond motifs is 2. The molecule has 184 valence electrons. The minimum absolute atomic E-state index is 0.333. The topological polar surface area (TPSA) is 86.9 Å². The summed E-state index contributed by atoms with van der Waals surface area (Å²) in [5.74, 6) is 1.06. The molecule has 1 N–H and O–H groups in total. The van der Waals surface area contributed by atoms with Crippen molar-refractivity contribution in [2.24, 2.45) is 0 Å². The van der Waals surface area contributed by atoms with Gasteiger partial charge in [-0.3, -0.25) is 9.36 Å². The number of para-hydroxylation sites is 1. The first kappa shape index (κ1) is 23.2. The van der Waals surface area contributed by atoms with Gasteiger partial charge in [0.25, 0.3) is 5.19 Å². The van der Waals surface area contributed by atoms with Gasteiger partial charge in [-0.2, -0.15) is 4.98 Å². The van der Waals surface area contributed by atoms with E-state index in [1.165, 1.54) is 11.3 Å². The third-order valence-corrected chi connectivity index (χ3v) is 7.09. The van der Waals surface area contributed by atoms with Gasteiger partial charge in [0.2, 0.25) is 5.95 Å². The van der Waals surface area contributed by atoms with Gasteiger partial charge in [-0.05, 0) is 61.0 Å². The largest absolute Gasteiger partial charge is 0.431 e. The third kappa shape index (κ3) is 4.66. The van der Waals surface area contributed by atoms with Crippen LogP contribution >= 0.6 is 22.9 Å². The number of hydrogen-bond donors (Lipinski definition) is 1. The molecule has 3 aromatic heterocycles. The van der Waals surface area contributed by atoms with Crippen molar-refractivity contribution in [3.05, 3.63) is 100 Å². The van der Waals surface area contributed by atoms with Gasteiger partial charge in [0.1, 0.15) is 5.75 Å². The van der Waals surface area contributed by atoms with E-state index in [1.54, 1.807) is 10.9 Å². The summed E-state index contributed by atoms with van der Waals surface area (Å²) in [6.45, 7) is 3.05. The van der Waals surface area contributed by atoms with Crippen LogP contribution in [0.3, 0.4) is 0 Å². The molecule has 0 amide bonds. The van der Waals surface area contributed by atoms with Crippen molar-refractivity contribution in [2.75, 3.05) is 5.32 Å². The Morgan fingerprint density at radius 3 is 2.54 bits per heavy atom. The van der Waals surface area contributed by atoms with E-state index < -0.39 is 0 Å². The van der Waals surface area contributed by atoms with Crippen LogP contribution in [0.2, 0.25) is 5.02 Å². The molecule has 6 rings (SSSR count). The van der Waals surface area contributed by atoms with Gasteiger partial charge < -0.3 is 14.6 Å². The van der Waals surface area contributed by atoms with Gasteiger partial charge in [-0.25, -0.2) is 9.97 Å². The van der Waals surface area contributed by atoms with Crippen LogP contribution < -0.4 is 15.6 Å². The van der Waals surface area contributed by atoms with E-state index in [9.17, 15) is 4.79 Å². The highest BCUT2D eigenvalue weighted by molar-refractivity contribution is 7.20. The van der Waals surface area contributed by atoms with Gasteiger partial charge in [-0.15, -0.1) is 0 Å². The van der Waals surface area contributed by atoms with Crippen LogP contribution in [0.4, 0.5) is 11.6 Å². The number of nitrogens with zero attached hydrogens (tertiary/aromatic N) is 5. The number of benzene rings is 3. The molecule has 0 spiro atoms. The summed E-state index contributed by atoms with van der Waals surface area (Å²) in [5, 5.41) is 4.53. The average molecular weight is 529 g/mol. The first-order valence-electron chi connectivity index (χ1n) is 11.7. The van der Waals surface area contributed by atoms with Gasteiger partial charge in [0.15, 0.2) is 11.2 Å². The van der Waals surface area contributed by atoms with E-state index in [-0.39, 0.29) is 5.56 Å². The first-order valence-corrected chi connectivity index (χ1v) is 12.9. The van der Waals surface area contributed by atoms with Gasteiger partial charge >= 0.3 is 5.56 Å². The van der Waals surface area contributed by atoms with Crippen molar-refractivity contribution >= 4 is 56.0 Å². The van der Waals surface area contributed by atoms with Gasteiger partial charge in [0.05, 0.1) is 23.1 Å². The monoisotopic (exact) mass is 528 g/mol. The summed E-state index contributed by atoms with van der Waals surface area (Å²) in [4.78, 5) is 26.4. The molecular weight excluding hydrogens is 508 g/mol. The van der Waals surface area contributed by atoms with Gasteiger partial charge in [-0.1, -0.05) is 47.2 Å². The molecule has 8 nitrogen and oxygen atoms in total. The zero-order valence-electron chi connectivity index (χ0n) is 19.8. The Bertz CT molecular complexity index is 1740. The van der Waals surface area contributed by atoms with Crippen LogP contribution in [0, 0.1) is 0 Å². The molecular formula is C27H21ClN6O2S. The lowest BCUT2D eigenvalue weighted by atomic mass is 10.2. The molecule has 0 fully saturated rings. The highest BCUT2D eigenvalue weighted by Gasteiger charge is 2.16. The highest BCUT2D eigenvalue weighted by Crippen LogP contribution is 2.32. The van der Waals surface area contributed by atoms with Crippen LogP contribution in [0.1, 0.15) is 12.5 Å². The predicted octanol–water partition coefficient (Wildman–Crippen LogP) is 6.46. The Kier molecular flexibility index (Phi) is 6.07. The molecule has 0 aliphatic heterocycles.